The van der Waals surface area contributed by atoms with Crippen molar-refractivity contribution in [1.82, 2.24) is 0 Å². The minimum atomic E-state index is -1.92. The Hall–Kier alpha value is -1.86. The average molecular weight is 291 g/mol. The number of aliphatic imine (C=N–C) groups is 1. The molecule has 104 valence electrons. The molecule has 0 saturated heterocycles. The number of nitrogens with one attached hydrogen (secondary N) is 1. The molecule has 4 N–H and O–H groups in total. The highest BCUT2D eigenvalue weighted by atomic mass is 32.2. The van der Waals surface area contributed by atoms with Crippen molar-refractivity contribution < 1.29 is 14.7 Å². The lowest BCUT2D eigenvalue weighted by atomic mass is 9.89. The number of rotatable bonds is 2. The van der Waals surface area contributed by atoms with Gasteiger partial charge in [-0.3, -0.25) is 9.59 Å². The summed E-state index contributed by atoms with van der Waals surface area (Å²) in [4.78, 5) is 27.6. The summed E-state index contributed by atoms with van der Waals surface area (Å²) in [6, 6.07) is 5.35. The highest BCUT2D eigenvalue weighted by Crippen LogP contribution is 2.45. The third-order valence-corrected chi connectivity index (χ3v) is 4.67. The molecule has 2 aliphatic rings. The number of carbonyl (C=O) groups is 2. The van der Waals surface area contributed by atoms with E-state index in [0.717, 1.165) is 23.7 Å². The first-order valence-electron chi connectivity index (χ1n) is 6.18. The number of aryl methyl sites for hydroxylation is 1. The minimum absolute atomic E-state index is 0.0707. The number of fused-ring (bicyclic) bond motifs is 1. The predicted octanol–water partition coefficient (Wildman–Crippen LogP) is 0.345. The van der Waals surface area contributed by atoms with Gasteiger partial charge in [0.2, 0.25) is 0 Å². The van der Waals surface area contributed by atoms with E-state index in [4.69, 9.17) is 5.73 Å². The Morgan fingerprint density at radius 3 is 2.85 bits per heavy atom. The molecule has 0 saturated carbocycles. The molecule has 0 spiro atoms. The molecule has 2 atom stereocenters. The molecular formula is C13H13N3O3S. The SMILES string of the molecule is CCc1ccc2c(c1)[C@@](O)([C@H]1SC(N)=NC1=O)C(=O)N2. The van der Waals surface area contributed by atoms with E-state index >= 15 is 0 Å². The van der Waals surface area contributed by atoms with Crippen molar-refractivity contribution in [3.05, 3.63) is 29.3 Å². The quantitative estimate of drug-likeness (QED) is 0.729. The van der Waals surface area contributed by atoms with E-state index in [-0.39, 0.29) is 5.17 Å². The van der Waals surface area contributed by atoms with Gasteiger partial charge in [0, 0.05) is 11.3 Å². The Balaban J connectivity index is 2.11. The number of hydrogen-bond acceptors (Lipinski definition) is 5. The van der Waals surface area contributed by atoms with Crippen LogP contribution >= 0.6 is 11.8 Å². The monoisotopic (exact) mass is 291 g/mol. The average Bonchev–Trinajstić information content (AvgIpc) is 2.88. The fraction of sp³-hybridized carbons (Fsp3) is 0.308. The van der Waals surface area contributed by atoms with Gasteiger partial charge in [0.1, 0.15) is 5.25 Å². The van der Waals surface area contributed by atoms with Gasteiger partial charge >= 0.3 is 0 Å². The number of amidine groups is 1. The van der Waals surface area contributed by atoms with Crippen molar-refractivity contribution in [3.8, 4) is 0 Å². The van der Waals surface area contributed by atoms with E-state index in [0.29, 0.717) is 11.3 Å². The molecule has 20 heavy (non-hydrogen) atoms. The highest BCUT2D eigenvalue weighted by Gasteiger charge is 2.56. The third-order valence-electron chi connectivity index (χ3n) is 3.56. The van der Waals surface area contributed by atoms with Crippen molar-refractivity contribution in [2.45, 2.75) is 24.2 Å². The standard InChI is InChI=1S/C13H13N3O3S/c1-2-6-3-4-8-7(5-6)13(19,11(18)15-8)9-10(17)16-12(14)20-9/h3-5,9,19H,2H2,1H3,(H,15,18)(H2,14,16,17)/t9-,13+/m0/s1. The first-order valence-corrected chi connectivity index (χ1v) is 7.06. The topological polar surface area (TPSA) is 105 Å². The van der Waals surface area contributed by atoms with Crippen LogP contribution in [0.4, 0.5) is 5.69 Å². The van der Waals surface area contributed by atoms with E-state index < -0.39 is 22.7 Å². The van der Waals surface area contributed by atoms with Gasteiger partial charge < -0.3 is 16.2 Å². The van der Waals surface area contributed by atoms with Crippen LogP contribution in [0.3, 0.4) is 0 Å². The Labute approximate surface area is 119 Å². The molecule has 0 bridgehead atoms. The third kappa shape index (κ3) is 1.66. The van der Waals surface area contributed by atoms with Gasteiger partial charge in [0.25, 0.3) is 11.8 Å². The first kappa shape index (κ1) is 13.1. The second-order valence-electron chi connectivity index (χ2n) is 4.74. The van der Waals surface area contributed by atoms with Crippen LogP contribution in [-0.4, -0.2) is 27.3 Å². The fourth-order valence-corrected chi connectivity index (χ4v) is 3.41. The number of thioether (sulfide) groups is 1. The normalized spacial score (nSPS) is 28.3. The molecule has 0 aromatic heterocycles. The largest absolute Gasteiger partial charge is 0.378 e. The maximum Gasteiger partial charge on any atom is 0.265 e. The highest BCUT2D eigenvalue weighted by molar-refractivity contribution is 8.15. The lowest BCUT2D eigenvalue weighted by molar-refractivity contribution is -0.138. The molecule has 6 nitrogen and oxygen atoms in total. The van der Waals surface area contributed by atoms with E-state index in [1.807, 2.05) is 13.0 Å². The molecule has 1 aromatic carbocycles. The van der Waals surface area contributed by atoms with Crippen molar-refractivity contribution in [1.29, 1.82) is 0 Å². The van der Waals surface area contributed by atoms with Crippen LogP contribution in [-0.2, 0) is 21.6 Å². The zero-order chi connectivity index (χ0) is 14.5. The summed E-state index contributed by atoms with van der Waals surface area (Å²) in [6.07, 6.45) is 0.766. The Morgan fingerprint density at radius 1 is 1.50 bits per heavy atom. The summed E-state index contributed by atoms with van der Waals surface area (Å²) in [5.74, 6) is -1.20. The van der Waals surface area contributed by atoms with Crippen LogP contribution < -0.4 is 11.1 Å². The molecule has 0 unspecified atom stereocenters. The minimum Gasteiger partial charge on any atom is -0.378 e. The molecule has 0 fully saturated rings. The molecule has 7 heteroatoms. The Kier molecular flexibility index (Phi) is 2.84. The molecule has 0 radical (unpaired) electrons. The fourth-order valence-electron chi connectivity index (χ4n) is 2.46. The van der Waals surface area contributed by atoms with E-state index in [1.54, 1.807) is 12.1 Å². The number of nitrogens with zero attached hydrogens (tertiary/aromatic N) is 1. The summed E-state index contributed by atoms with van der Waals surface area (Å²) in [6.45, 7) is 1.97. The van der Waals surface area contributed by atoms with Crippen LogP contribution in [0.2, 0.25) is 0 Å². The number of hydrogen-bond donors (Lipinski definition) is 3. The lowest BCUT2D eigenvalue weighted by Crippen LogP contribution is -2.46. The van der Waals surface area contributed by atoms with Crippen molar-refractivity contribution in [2.24, 2.45) is 10.7 Å². The van der Waals surface area contributed by atoms with Crippen LogP contribution in [0.1, 0.15) is 18.1 Å². The summed E-state index contributed by atoms with van der Waals surface area (Å²) >= 11 is 0.918. The number of aliphatic hydroxyl groups is 1. The summed E-state index contributed by atoms with van der Waals surface area (Å²) in [7, 11) is 0. The smallest absolute Gasteiger partial charge is 0.265 e. The van der Waals surface area contributed by atoms with Gasteiger partial charge in [-0.15, -0.1) is 0 Å². The number of nitrogens with two attached hydrogens (primary N) is 1. The van der Waals surface area contributed by atoms with Gasteiger partial charge in [0.05, 0.1) is 0 Å². The summed E-state index contributed by atoms with van der Waals surface area (Å²) < 4.78 is 0. The molecule has 2 aliphatic heterocycles. The Morgan fingerprint density at radius 2 is 2.25 bits per heavy atom. The van der Waals surface area contributed by atoms with Crippen LogP contribution in [0.15, 0.2) is 23.2 Å². The maximum atomic E-state index is 12.2. The van der Waals surface area contributed by atoms with Crippen LogP contribution in [0, 0.1) is 0 Å². The molecule has 1 aromatic rings. The van der Waals surface area contributed by atoms with Gasteiger partial charge in [-0.1, -0.05) is 30.8 Å². The van der Waals surface area contributed by atoms with E-state index in [2.05, 4.69) is 10.3 Å². The summed E-state index contributed by atoms with van der Waals surface area (Å²) in [5, 5.41) is 12.5. The van der Waals surface area contributed by atoms with Crippen molar-refractivity contribution >= 4 is 34.4 Å². The van der Waals surface area contributed by atoms with Crippen LogP contribution in [0.5, 0.6) is 0 Å². The molecule has 0 aliphatic carbocycles. The maximum absolute atomic E-state index is 12.2. The zero-order valence-corrected chi connectivity index (χ0v) is 11.5. The van der Waals surface area contributed by atoms with Crippen LogP contribution in [0.25, 0.3) is 0 Å². The predicted molar refractivity (Wildman–Crippen MR) is 76.4 cm³/mol. The van der Waals surface area contributed by atoms with E-state index in [1.165, 1.54) is 0 Å². The number of benzene rings is 1. The first-order chi connectivity index (χ1) is 9.46. The van der Waals surface area contributed by atoms with Gasteiger partial charge in [-0.25, -0.2) is 0 Å². The van der Waals surface area contributed by atoms with E-state index in [9.17, 15) is 14.7 Å². The Bertz CT molecular complexity index is 658. The second kappa shape index (κ2) is 4.32. The zero-order valence-electron chi connectivity index (χ0n) is 10.7. The molecular weight excluding hydrogens is 278 g/mol. The van der Waals surface area contributed by atoms with Crippen molar-refractivity contribution in [2.75, 3.05) is 5.32 Å². The number of anilines is 1. The number of amides is 2. The van der Waals surface area contributed by atoms with Gasteiger partial charge in [-0.2, -0.15) is 4.99 Å². The second-order valence-corrected chi connectivity index (χ2v) is 5.87. The molecule has 3 rings (SSSR count). The van der Waals surface area contributed by atoms with Gasteiger partial charge in [0.15, 0.2) is 10.8 Å². The number of carbonyl (C=O) groups excluding carboxylic acids is 2. The lowest BCUT2D eigenvalue weighted by Gasteiger charge is -2.25. The molecule has 2 amide bonds. The van der Waals surface area contributed by atoms with Crippen molar-refractivity contribution in [3.63, 3.8) is 0 Å². The van der Waals surface area contributed by atoms with Gasteiger partial charge in [-0.05, 0) is 18.1 Å². The molecule has 2 heterocycles. The summed E-state index contributed by atoms with van der Waals surface area (Å²) in [5.41, 5.74) is 5.50.